The van der Waals surface area contributed by atoms with Crippen molar-refractivity contribution in [2.24, 2.45) is 0 Å². The Bertz CT molecular complexity index is 658. The summed E-state index contributed by atoms with van der Waals surface area (Å²) in [7, 11) is 0. The number of para-hydroxylation sites is 2. The van der Waals surface area contributed by atoms with Crippen molar-refractivity contribution in [2.45, 2.75) is 26.7 Å². The van der Waals surface area contributed by atoms with Crippen LogP contribution in [0.3, 0.4) is 0 Å². The van der Waals surface area contributed by atoms with Crippen molar-refractivity contribution in [3.8, 4) is 0 Å². The second-order valence-electron chi connectivity index (χ2n) is 5.17. The van der Waals surface area contributed by atoms with Crippen LogP contribution in [0.5, 0.6) is 0 Å². The Balaban J connectivity index is 2.25. The van der Waals surface area contributed by atoms with E-state index in [-0.39, 0.29) is 11.6 Å². The van der Waals surface area contributed by atoms with Gasteiger partial charge in [-0.2, -0.15) is 0 Å². The van der Waals surface area contributed by atoms with E-state index in [4.69, 9.17) is 0 Å². The average molecular weight is 330 g/mol. The number of nitrogens with zero attached hydrogens (tertiary/aromatic N) is 2. The van der Waals surface area contributed by atoms with Crippen molar-refractivity contribution in [1.29, 1.82) is 0 Å². The topological polar surface area (TPSA) is 108 Å². The van der Waals surface area contributed by atoms with Crippen LogP contribution in [0.15, 0.2) is 24.3 Å². The number of amides is 4. The molecule has 1 aromatic heterocycles. The number of benzene rings is 1. The molecule has 1 aromatic carbocycles. The summed E-state index contributed by atoms with van der Waals surface area (Å²) in [6.45, 7) is 5.02. The quantitative estimate of drug-likeness (QED) is 0.653. The molecule has 8 nitrogen and oxygen atoms in total. The van der Waals surface area contributed by atoms with E-state index in [9.17, 15) is 9.59 Å². The minimum absolute atomic E-state index is 0.203. The second kappa shape index (κ2) is 8.66. The van der Waals surface area contributed by atoms with E-state index < -0.39 is 12.1 Å². The number of nitrogens with one attached hydrogen (secondary N) is 4. The van der Waals surface area contributed by atoms with E-state index >= 15 is 0 Å². The largest absolute Gasteiger partial charge is 0.338 e. The molecule has 2 aromatic rings. The number of rotatable bonds is 6. The first kappa shape index (κ1) is 17.5. The Kier molecular flexibility index (Phi) is 6.30. The molecule has 0 aliphatic carbocycles. The minimum atomic E-state index is -0.390. The molecule has 0 atom stereocenters. The van der Waals surface area contributed by atoms with Gasteiger partial charge in [0.2, 0.25) is 0 Å². The molecule has 8 heteroatoms. The van der Waals surface area contributed by atoms with E-state index in [1.165, 1.54) is 0 Å². The van der Waals surface area contributed by atoms with Crippen molar-refractivity contribution in [1.82, 2.24) is 20.6 Å². The third-order valence-electron chi connectivity index (χ3n) is 3.11. The standard InChI is InChI=1S/C16H22N6O2/c1-3-9-17-15(23)21-13-14(22-16(24)18-10-4-2)20-12-8-6-5-7-11(12)19-13/h5-8H,3-4,9-10H2,1-2H3,(H2,17,19,21,23)(H2,18,20,22,24). The molecule has 1 heterocycles. The van der Waals surface area contributed by atoms with Gasteiger partial charge in [-0.3, -0.25) is 10.6 Å². The summed E-state index contributed by atoms with van der Waals surface area (Å²) in [6, 6.07) is 6.46. The van der Waals surface area contributed by atoms with Crippen LogP contribution in [0.2, 0.25) is 0 Å². The van der Waals surface area contributed by atoms with Crippen molar-refractivity contribution in [3.63, 3.8) is 0 Å². The molecule has 0 saturated heterocycles. The molecule has 0 spiro atoms. The zero-order chi connectivity index (χ0) is 17.4. The summed E-state index contributed by atoms with van der Waals surface area (Å²) < 4.78 is 0. The predicted octanol–water partition coefficient (Wildman–Crippen LogP) is 2.69. The SMILES string of the molecule is CCCNC(=O)Nc1nc2ccccc2nc1NC(=O)NCCC. The average Bonchev–Trinajstić information content (AvgIpc) is 2.58. The van der Waals surface area contributed by atoms with E-state index in [2.05, 4.69) is 31.2 Å². The first-order valence-corrected chi connectivity index (χ1v) is 8.00. The summed E-state index contributed by atoms with van der Waals surface area (Å²) in [5.74, 6) is 0.405. The molecule has 2 rings (SSSR count). The van der Waals surface area contributed by atoms with Gasteiger partial charge in [0.05, 0.1) is 11.0 Å². The summed E-state index contributed by atoms with van der Waals surface area (Å²) in [6.07, 6.45) is 1.64. The first-order chi connectivity index (χ1) is 11.6. The molecule has 0 aliphatic rings. The van der Waals surface area contributed by atoms with Crippen molar-refractivity contribution in [2.75, 3.05) is 23.7 Å². The maximum absolute atomic E-state index is 11.9. The molecule has 0 aliphatic heterocycles. The monoisotopic (exact) mass is 330 g/mol. The number of carbonyl (C=O) groups is 2. The Morgan fingerprint density at radius 1 is 0.833 bits per heavy atom. The van der Waals surface area contributed by atoms with Crippen LogP contribution >= 0.6 is 0 Å². The van der Waals surface area contributed by atoms with Gasteiger partial charge in [0.1, 0.15) is 0 Å². The smallest absolute Gasteiger partial charge is 0.320 e. The first-order valence-electron chi connectivity index (χ1n) is 8.00. The lowest BCUT2D eigenvalue weighted by molar-refractivity contribution is 0.250. The van der Waals surface area contributed by atoms with E-state index in [0.717, 1.165) is 12.8 Å². The lowest BCUT2D eigenvalue weighted by Crippen LogP contribution is -2.32. The highest BCUT2D eigenvalue weighted by molar-refractivity contribution is 5.97. The van der Waals surface area contributed by atoms with Gasteiger partial charge in [-0.15, -0.1) is 0 Å². The number of anilines is 2. The molecule has 4 N–H and O–H groups in total. The summed E-state index contributed by atoms with van der Waals surface area (Å²) >= 11 is 0. The number of carbonyl (C=O) groups excluding carboxylic acids is 2. The molecule has 24 heavy (non-hydrogen) atoms. The van der Waals surface area contributed by atoms with Crippen molar-refractivity contribution >= 4 is 34.7 Å². The Hall–Kier alpha value is -2.90. The molecule has 0 unspecified atom stereocenters. The second-order valence-corrected chi connectivity index (χ2v) is 5.17. The fourth-order valence-electron chi connectivity index (χ4n) is 1.95. The third kappa shape index (κ3) is 4.80. The van der Waals surface area contributed by atoms with Gasteiger partial charge >= 0.3 is 12.1 Å². The zero-order valence-corrected chi connectivity index (χ0v) is 13.8. The Labute approximate surface area is 140 Å². The normalized spacial score (nSPS) is 10.2. The minimum Gasteiger partial charge on any atom is -0.338 e. The number of urea groups is 2. The summed E-state index contributed by atoms with van der Waals surface area (Å²) in [4.78, 5) is 32.6. The Morgan fingerprint density at radius 3 is 1.62 bits per heavy atom. The molecule has 0 radical (unpaired) electrons. The van der Waals surface area contributed by atoms with Gasteiger partial charge < -0.3 is 10.6 Å². The molecule has 128 valence electrons. The maximum atomic E-state index is 11.9. The zero-order valence-electron chi connectivity index (χ0n) is 13.8. The number of aromatic nitrogens is 2. The predicted molar refractivity (Wildman–Crippen MR) is 94.2 cm³/mol. The molecule has 4 amide bonds. The fraction of sp³-hybridized carbons (Fsp3) is 0.375. The summed E-state index contributed by atoms with van der Waals surface area (Å²) in [5, 5.41) is 10.7. The molecular weight excluding hydrogens is 308 g/mol. The van der Waals surface area contributed by atoms with Crippen molar-refractivity contribution in [3.05, 3.63) is 24.3 Å². The van der Waals surface area contributed by atoms with E-state index in [1.54, 1.807) is 12.1 Å². The molecule has 0 saturated carbocycles. The van der Waals surface area contributed by atoms with Crippen LogP contribution < -0.4 is 21.3 Å². The van der Waals surface area contributed by atoms with Gasteiger partial charge in [-0.1, -0.05) is 26.0 Å². The lowest BCUT2D eigenvalue weighted by atomic mass is 10.3. The molecular formula is C16H22N6O2. The number of hydrogen-bond donors (Lipinski definition) is 4. The maximum Gasteiger partial charge on any atom is 0.320 e. The van der Waals surface area contributed by atoms with Crippen LogP contribution in [0.25, 0.3) is 11.0 Å². The van der Waals surface area contributed by atoms with Crippen LogP contribution in [-0.2, 0) is 0 Å². The van der Waals surface area contributed by atoms with Crippen LogP contribution in [0, 0.1) is 0 Å². The number of fused-ring (bicyclic) bond motifs is 1. The van der Waals surface area contributed by atoms with Gasteiger partial charge in [-0.25, -0.2) is 19.6 Å². The highest BCUT2D eigenvalue weighted by atomic mass is 16.2. The summed E-state index contributed by atoms with van der Waals surface area (Å²) in [5.41, 5.74) is 1.26. The van der Waals surface area contributed by atoms with Crippen LogP contribution in [0.1, 0.15) is 26.7 Å². The van der Waals surface area contributed by atoms with Gasteiger partial charge in [0.15, 0.2) is 11.6 Å². The van der Waals surface area contributed by atoms with Crippen molar-refractivity contribution < 1.29 is 9.59 Å². The van der Waals surface area contributed by atoms with Gasteiger partial charge in [0.25, 0.3) is 0 Å². The lowest BCUT2D eigenvalue weighted by Gasteiger charge is -2.12. The number of hydrogen-bond acceptors (Lipinski definition) is 4. The van der Waals surface area contributed by atoms with E-state index in [0.29, 0.717) is 24.1 Å². The Morgan fingerprint density at radius 2 is 1.25 bits per heavy atom. The van der Waals surface area contributed by atoms with E-state index in [1.807, 2.05) is 26.0 Å². The highest BCUT2D eigenvalue weighted by Gasteiger charge is 2.14. The molecule has 0 fully saturated rings. The highest BCUT2D eigenvalue weighted by Crippen LogP contribution is 2.21. The fourth-order valence-corrected chi connectivity index (χ4v) is 1.95. The molecule has 0 bridgehead atoms. The third-order valence-corrected chi connectivity index (χ3v) is 3.11. The van der Waals surface area contributed by atoms with Gasteiger partial charge in [-0.05, 0) is 25.0 Å². The van der Waals surface area contributed by atoms with Crippen LogP contribution in [-0.4, -0.2) is 35.1 Å². The van der Waals surface area contributed by atoms with Gasteiger partial charge in [0, 0.05) is 13.1 Å². The van der Waals surface area contributed by atoms with Crippen LogP contribution in [0.4, 0.5) is 21.2 Å².